The summed E-state index contributed by atoms with van der Waals surface area (Å²) < 4.78 is 10.5. The van der Waals surface area contributed by atoms with E-state index >= 15 is 0 Å². The first-order valence-corrected chi connectivity index (χ1v) is 7.80. The summed E-state index contributed by atoms with van der Waals surface area (Å²) in [6.45, 7) is 0.186. The molecule has 1 heterocycles. The lowest BCUT2D eigenvalue weighted by Gasteiger charge is -2.06. The molecular formula is C13H15ClN2O4S. The number of rotatable bonds is 5. The van der Waals surface area contributed by atoms with Crippen molar-refractivity contribution in [3.8, 4) is 11.5 Å². The van der Waals surface area contributed by atoms with Gasteiger partial charge in [0.05, 0.1) is 5.02 Å². The molecule has 6 nitrogen and oxygen atoms in total. The minimum atomic E-state index is -0.493. The van der Waals surface area contributed by atoms with Crippen LogP contribution in [-0.4, -0.2) is 31.5 Å². The number of carbonyl (C=O) groups is 2. The lowest BCUT2D eigenvalue weighted by molar-refractivity contribution is -0.119. The Bertz CT molecular complexity index is 553. The van der Waals surface area contributed by atoms with Gasteiger partial charge in [0.15, 0.2) is 11.5 Å². The minimum absolute atomic E-state index is 0.186. The zero-order valence-corrected chi connectivity index (χ0v) is 13.0. The SMILES string of the molecule is CNC(=O)NC(=O)CCSCc1cc(Cl)c2c(c1)OCO2. The summed E-state index contributed by atoms with van der Waals surface area (Å²) in [6.07, 6.45) is 0.274. The van der Waals surface area contributed by atoms with Crippen molar-refractivity contribution in [3.05, 3.63) is 22.7 Å². The number of benzene rings is 1. The van der Waals surface area contributed by atoms with Gasteiger partial charge in [0.25, 0.3) is 0 Å². The summed E-state index contributed by atoms with van der Waals surface area (Å²) in [7, 11) is 1.46. The van der Waals surface area contributed by atoms with Crippen molar-refractivity contribution in [2.24, 2.45) is 0 Å². The molecule has 1 aromatic rings. The van der Waals surface area contributed by atoms with Crippen LogP contribution in [0, 0.1) is 0 Å². The molecule has 1 aliphatic heterocycles. The maximum atomic E-state index is 11.4. The first-order chi connectivity index (χ1) is 10.1. The number of hydrogen-bond acceptors (Lipinski definition) is 5. The molecule has 0 radical (unpaired) electrons. The molecule has 0 spiro atoms. The van der Waals surface area contributed by atoms with Crippen LogP contribution in [0.15, 0.2) is 12.1 Å². The van der Waals surface area contributed by atoms with Crippen LogP contribution < -0.4 is 20.1 Å². The molecule has 0 unspecified atom stereocenters. The summed E-state index contributed by atoms with van der Waals surface area (Å²) in [4.78, 5) is 22.3. The van der Waals surface area contributed by atoms with E-state index in [1.54, 1.807) is 11.8 Å². The molecule has 0 atom stereocenters. The predicted octanol–water partition coefficient (Wildman–Crippen LogP) is 2.15. The van der Waals surface area contributed by atoms with Crippen molar-refractivity contribution >= 4 is 35.3 Å². The van der Waals surface area contributed by atoms with Gasteiger partial charge in [-0.2, -0.15) is 11.8 Å². The number of nitrogens with one attached hydrogen (secondary N) is 2. The number of thioether (sulfide) groups is 1. The largest absolute Gasteiger partial charge is 0.454 e. The molecule has 0 fully saturated rings. The van der Waals surface area contributed by atoms with Crippen molar-refractivity contribution in [2.75, 3.05) is 19.6 Å². The zero-order chi connectivity index (χ0) is 15.2. The van der Waals surface area contributed by atoms with Crippen molar-refractivity contribution in [2.45, 2.75) is 12.2 Å². The normalized spacial score (nSPS) is 12.1. The van der Waals surface area contributed by atoms with Crippen LogP contribution in [0.2, 0.25) is 5.02 Å². The molecule has 2 rings (SSSR count). The monoisotopic (exact) mass is 330 g/mol. The molecule has 0 saturated carbocycles. The number of halogens is 1. The molecule has 1 aromatic carbocycles. The van der Waals surface area contributed by atoms with E-state index in [0.717, 1.165) is 5.56 Å². The number of amides is 3. The zero-order valence-electron chi connectivity index (χ0n) is 11.4. The summed E-state index contributed by atoms with van der Waals surface area (Å²) in [5.74, 6) is 2.23. The molecule has 0 aliphatic carbocycles. The van der Waals surface area contributed by atoms with Crippen molar-refractivity contribution < 1.29 is 19.1 Å². The fourth-order valence-corrected chi connectivity index (χ4v) is 2.87. The lowest BCUT2D eigenvalue weighted by Crippen LogP contribution is -2.37. The third-order valence-electron chi connectivity index (χ3n) is 2.71. The number of imide groups is 1. The second-order valence-corrected chi connectivity index (χ2v) is 5.75. The van der Waals surface area contributed by atoms with E-state index in [9.17, 15) is 9.59 Å². The van der Waals surface area contributed by atoms with Crippen LogP contribution in [0.25, 0.3) is 0 Å². The number of hydrogen-bond donors (Lipinski definition) is 2. The molecule has 0 aromatic heterocycles. The van der Waals surface area contributed by atoms with Crippen LogP contribution in [0.1, 0.15) is 12.0 Å². The standard InChI is InChI=1S/C13H15ClN2O4S/c1-15-13(18)16-11(17)2-3-21-6-8-4-9(14)12-10(5-8)19-7-20-12/h4-5H,2-3,6-7H2,1H3,(H2,15,16,17,18). The highest BCUT2D eigenvalue weighted by Gasteiger charge is 2.18. The summed E-state index contributed by atoms with van der Waals surface area (Å²) in [5, 5.41) is 5.06. The van der Waals surface area contributed by atoms with Crippen LogP contribution >= 0.6 is 23.4 Å². The summed E-state index contributed by atoms with van der Waals surface area (Å²) in [5.41, 5.74) is 1.00. The first-order valence-electron chi connectivity index (χ1n) is 6.27. The topological polar surface area (TPSA) is 76.7 Å². The van der Waals surface area contributed by atoms with Gasteiger partial charge in [0.2, 0.25) is 12.7 Å². The third kappa shape index (κ3) is 4.44. The Labute approximate surface area is 131 Å². The molecule has 2 N–H and O–H groups in total. The van der Waals surface area contributed by atoms with Gasteiger partial charge in [-0.3, -0.25) is 10.1 Å². The summed E-state index contributed by atoms with van der Waals surface area (Å²) in [6, 6.07) is 3.21. The molecule has 8 heteroatoms. The van der Waals surface area contributed by atoms with Gasteiger partial charge in [-0.1, -0.05) is 11.6 Å². The van der Waals surface area contributed by atoms with Gasteiger partial charge in [-0.15, -0.1) is 0 Å². The van der Waals surface area contributed by atoms with E-state index in [-0.39, 0.29) is 19.1 Å². The molecule has 0 bridgehead atoms. The lowest BCUT2D eigenvalue weighted by atomic mass is 10.2. The maximum Gasteiger partial charge on any atom is 0.321 e. The Kier molecular flexibility index (Phi) is 5.58. The fraction of sp³-hybridized carbons (Fsp3) is 0.385. The van der Waals surface area contributed by atoms with Gasteiger partial charge in [0, 0.05) is 25.0 Å². The Balaban J connectivity index is 1.75. The highest BCUT2D eigenvalue weighted by molar-refractivity contribution is 7.98. The van der Waals surface area contributed by atoms with Crippen LogP contribution in [-0.2, 0) is 10.5 Å². The van der Waals surface area contributed by atoms with Gasteiger partial charge < -0.3 is 14.8 Å². The Morgan fingerprint density at radius 2 is 2.19 bits per heavy atom. The van der Waals surface area contributed by atoms with Crippen LogP contribution in [0.5, 0.6) is 11.5 Å². The van der Waals surface area contributed by atoms with Crippen molar-refractivity contribution in [1.82, 2.24) is 10.6 Å². The highest BCUT2D eigenvalue weighted by Crippen LogP contribution is 2.40. The number of fused-ring (bicyclic) bond motifs is 1. The van der Waals surface area contributed by atoms with E-state index < -0.39 is 6.03 Å². The average molecular weight is 331 g/mol. The quantitative estimate of drug-likeness (QED) is 0.809. The van der Waals surface area contributed by atoms with Gasteiger partial charge in [0.1, 0.15) is 0 Å². The Morgan fingerprint density at radius 1 is 1.38 bits per heavy atom. The molecule has 21 heavy (non-hydrogen) atoms. The predicted molar refractivity (Wildman–Crippen MR) is 81.0 cm³/mol. The number of carbonyl (C=O) groups excluding carboxylic acids is 2. The number of ether oxygens (including phenoxy) is 2. The van der Waals surface area contributed by atoms with Gasteiger partial charge >= 0.3 is 6.03 Å². The maximum absolute atomic E-state index is 11.4. The molecule has 0 saturated heterocycles. The second-order valence-electron chi connectivity index (χ2n) is 4.24. The third-order valence-corrected chi connectivity index (χ3v) is 4.02. The van der Waals surface area contributed by atoms with Gasteiger partial charge in [-0.05, 0) is 17.7 Å². The fourth-order valence-electron chi connectivity index (χ4n) is 1.71. The number of urea groups is 1. The molecular weight excluding hydrogens is 316 g/mol. The summed E-state index contributed by atoms with van der Waals surface area (Å²) >= 11 is 7.66. The Hall–Kier alpha value is -1.60. The van der Waals surface area contributed by atoms with E-state index in [0.29, 0.717) is 28.0 Å². The van der Waals surface area contributed by atoms with Crippen molar-refractivity contribution in [1.29, 1.82) is 0 Å². The molecule has 114 valence electrons. The smallest absolute Gasteiger partial charge is 0.321 e. The highest BCUT2D eigenvalue weighted by atomic mass is 35.5. The van der Waals surface area contributed by atoms with E-state index in [1.807, 2.05) is 12.1 Å². The van der Waals surface area contributed by atoms with Gasteiger partial charge in [-0.25, -0.2) is 4.79 Å². The second kappa shape index (κ2) is 7.42. The molecule has 3 amide bonds. The average Bonchev–Trinajstić information content (AvgIpc) is 2.92. The minimum Gasteiger partial charge on any atom is -0.454 e. The first kappa shape index (κ1) is 15.8. The van der Waals surface area contributed by atoms with E-state index in [4.69, 9.17) is 21.1 Å². The van der Waals surface area contributed by atoms with E-state index in [1.165, 1.54) is 7.05 Å². The van der Waals surface area contributed by atoms with E-state index in [2.05, 4.69) is 10.6 Å². The Morgan fingerprint density at radius 3 is 2.95 bits per heavy atom. The van der Waals surface area contributed by atoms with Crippen LogP contribution in [0.3, 0.4) is 0 Å². The van der Waals surface area contributed by atoms with Crippen molar-refractivity contribution in [3.63, 3.8) is 0 Å². The van der Waals surface area contributed by atoms with Crippen LogP contribution in [0.4, 0.5) is 4.79 Å². The molecule has 1 aliphatic rings.